The van der Waals surface area contributed by atoms with Gasteiger partial charge in [-0.2, -0.15) is 0 Å². The fraction of sp³-hybridized carbons (Fsp3) is 0.722. The molecular formula is C18H32O. The summed E-state index contributed by atoms with van der Waals surface area (Å²) in [4.78, 5) is 11.2. The molecule has 0 aromatic rings. The van der Waals surface area contributed by atoms with Gasteiger partial charge in [0.15, 0.2) is 0 Å². The van der Waals surface area contributed by atoms with Gasteiger partial charge in [0.05, 0.1) is 0 Å². The van der Waals surface area contributed by atoms with Crippen LogP contribution in [-0.4, -0.2) is 6.29 Å². The third kappa shape index (κ3) is 8.80. The number of hydrogen-bond donors (Lipinski definition) is 0. The second-order valence-electron chi connectivity index (χ2n) is 6.27. The van der Waals surface area contributed by atoms with Gasteiger partial charge in [0.25, 0.3) is 0 Å². The second-order valence-corrected chi connectivity index (χ2v) is 6.27. The van der Waals surface area contributed by atoms with E-state index in [4.69, 9.17) is 0 Å². The Balaban J connectivity index is 4.26. The van der Waals surface area contributed by atoms with Gasteiger partial charge in [-0.05, 0) is 37.0 Å². The maximum Gasteiger partial charge on any atom is 0.123 e. The summed E-state index contributed by atoms with van der Waals surface area (Å²) in [6, 6.07) is 0. The number of rotatable bonds is 12. The number of carbonyl (C=O) groups is 1. The highest BCUT2D eigenvalue weighted by molar-refractivity contribution is 5.54. The van der Waals surface area contributed by atoms with E-state index in [1.54, 1.807) is 0 Å². The lowest BCUT2D eigenvalue weighted by Gasteiger charge is -2.24. The number of carbonyl (C=O) groups excluding carboxylic acids is 1. The van der Waals surface area contributed by atoms with Gasteiger partial charge in [-0.15, -0.1) is 13.2 Å². The molecule has 0 saturated heterocycles. The summed E-state index contributed by atoms with van der Waals surface area (Å²) in [7, 11) is 0. The van der Waals surface area contributed by atoms with Crippen molar-refractivity contribution < 1.29 is 4.79 Å². The first-order valence-corrected chi connectivity index (χ1v) is 7.72. The Morgan fingerprint density at radius 1 is 1.00 bits per heavy atom. The average Bonchev–Trinajstić information content (AvgIpc) is 2.35. The lowest BCUT2D eigenvalue weighted by Crippen LogP contribution is -2.18. The van der Waals surface area contributed by atoms with Crippen molar-refractivity contribution in [1.82, 2.24) is 0 Å². The number of aldehydes is 1. The molecule has 0 N–H and O–H groups in total. The Hall–Kier alpha value is -0.850. The van der Waals surface area contributed by atoms with Crippen molar-refractivity contribution in [2.75, 3.05) is 0 Å². The third-order valence-corrected chi connectivity index (χ3v) is 3.87. The first-order valence-electron chi connectivity index (χ1n) is 7.72. The van der Waals surface area contributed by atoms with Gasteiger partial charge >= 0.3 is 0 Å². The van der Waals surface area contributed by atoms with Crippen LogP contribution in [0, 0.1) is 23.7 Å². The zero-order valence-electron chi connectivity index (χ0n) is 13.1. The van der Waals surface area contributed by atoms with Crippen molar-refractivity contribution in [3.8, 4) is 0 Å². The minimum atomic E-state index is 0.114. The van der Waals surface area contributed by atoms with Crippen LogP contribution in [0.3, 0.4) is 0 Å². The SMILES string of the molecule is C=CCC(C=O)C(CC=C)CC(C)CCCC(C)C. The van der Waals surface area contributed by atoms with Gasteiger partial charge in [0.1, 0.15) is 6.29 Å². The normalized spacial score (nSPS) is 15.8. The summed E-state index contributed by atoms with van der Waals surface area (Å²) < 4.78 is 0. The Labute approximate surface area is 120 Å². The molecule has 0 aromatic carbocycles. The second kappa shape index (κ2) is 11.0. The summed E-state index contributed by atoms with van der Waals surface area (Å²) in [6.07, 6.45) is 11.6. The molecule has 1 heteroatoms. The highest BCUT2D eigenvalue weighted by Crippen LogP contribution is 2.28. The lowest BCUT2D eigenvalue weighted by molar-refractivity contribution is -0.112. The van der Waals surface area contributed by atoms with Crippen molar-refractivity contribution in [2.45, 2.75) is 59.3 Å². The van der Waals surface area contributed by atoms with E-state index in [-0.39, 0.29) is 5.92 Å². The van der Waals surface area contributed by atoms with Crippen LogP contribution in [0.25, 0.3) is 0 Å². The fourth-order valence-corrected chi connectivity index (χ4v) is 2.72. The van der Waals surface area contributed by atoms with Crippen LogP contribution in [0.1, 0.15) is 59.3 Å². The van der Waals surface area contributed by atoms with Gasteiger partial charge in [0.2, 0.25) is 0 Å². The van der Waals surface area contributed by atoms with Crippen LogP contribution < -0.4 is 0 Å². The highest BCUT2D eigenvalue weighted by Gasteiger charge is 2.21. The van der Waals surface area contributed by atoms with Crippen LogP contribution in [0.15, 0.2) is 25.3 Å². The lowest BCUT2D eigenvalue weighted by atomic mass is 9.80. The molecule has 1 nitrogen and oxygen atoms in total. The van der Waals surface area contributed by atoms with Crippen LogP contribution in [-0.2, 0) is 4.79 Å². The monoisotopic (exact) mass is 264 g/mol. The molecular weight excluding hydrogens is 232 g/mol. The molecule has 0 aromatic heterocycles. The molecule has 0 aliphatic rings. The Bertz CT molecular complexity index is 254. The minimum Gasteiger partial charge on any atom is -0.303 e. The quantitative estimate of drug-likeness (QED) is 0.339. The van der Waals surface area contributed by atoms with Crippen LogP contribution in [0.5, 0.6) is 0 Å². The number of allylic oxidation sites excluding steroid dienone is 2. The molecule has 0 amide bonds. The maximum atomic E-state index is 11.2. The predicted molar refractivity (Wildman–Crippen MR) is 85.1 cm³/mol. The van der Waals surface area contributed by atoms with Crippen molar-refractivity contribution in [3.05, 3.63) is 25.3 Å². The zero-order chi connectivity index (χ0) is 14.7. The molecule has 0 spiro atoms. The predicted octanol–water partition coefficient (Wildman–Crippen LogP) is 5.42. The van der Waals surface area contributed by atoms with E-state index in [1.165, 1.54) is 19.3 Å². The molecule has 0 radical (unpaired) electrons. The van der Waals surface area contributed by atoms with Crippen molar-refractivity contribution in [1.29, 1.82) is 0 Å². The van der Waals surface area contributed by atoms with Crippen LogP contribution in [0.2, 0.25) is 0 Å². The fourth-order valence-electron chi connectivity index (χ4n) is 2.72. The molecule has 0 saturated carbocycles. The van der Waals surface area contributed by atoms with Gasteiger partial charge in [-0.3, -0.25) is 0 Å². The van der Waals surface area contributed by atoms with Gasteiger partial charge in [-0.25, -0.2) is 0 Å². The van der Waals surface area contributed by atoms with E-state index in [9.17, 15) is 4.79 Å². The first kappa shape index (κ1) is 18.1. The topological polar surface area (TPSA) is 17.1 Å². The summed E-state index contributed by atoms with van der Waals surface area (Å²) in [5.74, 6) is 2.03. The highest BCUT2D eigenvalue weighted by atomic mass is 16.1. The van der Waals surface area contributed by atoms with E-state index >= 15 is 0 Å². The van der Waals surface area contributed by atoms with E-state index < -0.39 is 0 Å². The molecule has 3 unspecified atom stereocenters. The largest absolute Gasteiger partial charge is 0.303 e. The Kier molecular flexibility index (Phi) is 10.5. The molecule has 0 bridgehead atoms. The number of hydrogen-bond acceptors (Lipinski definition) is 1. The summed E-state index contributed by atoms with van der Waals surface area (Å²) >= 11 is 0. The van der Waals surface area contributed by atoms with Crippen molar-refractivity contribution >= 4 is 6.29 Å². The van der Waals surface area contributed by atoms with Crippen molar-refractivity contribution in [3.63, 3.8) is 0 Å². The first-order chi connectivity index (χ1) is 9.04. The minimum absolute atomic E-state index is 0.114. The summed E-state index contributed by atoms with van der Waals surface area (Å²) in [5, 5.41) is 0. The van der Waals surface area contributed by atoms with Gasteiger partial charge < -0.3 is 4.79 Å². The molecule has 0 fully saturated rings. The van der Waals surface area contributed by atoms with Gasteiger partial charge in [0, 0.05) is 5.92 Å². The van der Waals surface area contributed by atoms with E-state index in [0.29, 0.717) is 11.8 Å². The molecule has 0 rings (SSSR count). The molecule has 0 aliphatic carbocycles. The third-order valence-electron chi connectivity index (χ3n) is 3.87. The van der Waals surface area contributed by atoms with Crippen LogP contribution in [0.4, 0.5) is 0 Å². The van der Waals surface area contributed by atoms with Gasteiger partial charge in [-0.1, -0.05) is 52.2 Å². The Morgan fingerprint density at radius 3 is 2.11 bits per heavy atom. The molecule has 3 atom stereocenters. The van der Waals surface area contributed by atoms with Crippen LogP contribution >= 0.6 is 0 Å². The summed E-state index contributed by atoms with van der Waals surface area (Å²) in [6.45, 7) is 14.4. The molecule has 19 heavy (non-hydrogen) atoms. The maximum absolute atomic E-state index is 11.2. The molecule has 0 heterocycles. The van der Waals surface area contributed by atoms with Crippen molar-refractivity contribution in [2.24, 2.45) is 23.7 Å². The average molecular weight is 264 g/mol. The van der Waals surface area contributed by atoms with E-state index in [2.05, 4.69) is 33.9 Å². The molecule has 0 aliphatic heterocycles. The van der Waals surface area contributed by atoms with E-state index in [0.717, 1.165) is 31.5 Å². The smallest absolute Gasteiger partial charge is 0.123 e. The summed E-state index contributed by atoms with van der Waals surface area (Å²) in [5.41, 5.74) is 0. The van der Waals surface area contributed by atoms with E-state index in [1.807, 2.05) is 12.2 Å². The standard InChI is InChI=1S/C18H32O/c1-6-9-17(18(14-19)10-7-2)13-16(5)12-8-11-15(3)4/h6-7,14-18H,1-2,8-13H2,3-5H3. The zero-order valence-corrected chi connectivity index (χ0v) is 13.1. The Morgan fingerprint density at radius 2 is 1.63 bits per heavy atom. The molecule has 110 valence electrons.